The van der Waals surface area contributed by atoms with Crippen LogP contribution in [-0.4, -0.2) is 32.1 Å². The Kier molecular flexibility index (Phi) is 2.86. The number of aromatic amines is 2. The van der Waals surface area contributed by atoms with E-state index in [1.807, 2.05) is 6.20 Å². The molecule has 0 saturated heterocycles. The van der Waals surface area contributed by atoms with Crippen LogP contribution >= 0.6 is 0 Å². The van der Waals surface area contributed by atoms with Gasteiger partial charge in [-0.3, -0.25) is 19.7 Å². The third-order valence-electron chi connectivity index (χ3n) is 3.25. The number of hydrogen-bond donors (Lipinski definition) is 3. The van der Waals surface area contributed by atoms with Gasteiger partial charge in [0.25, 0.3) is 11.5 Å². The molecule has 0 fully saturated rings. The summed E-state index contributed by atoms with van der Waals surface area (Å²) in [6.07, 6.45) is 6.79. The lowest BCUT2D eigenvalue weighted by Gasteiger charge is -2.22. The smallest absolute Gasteiger partial charge is 0.269 e. The fourth-order valence-corrected chi connectivity index (χ4v) is 2.29. The van der Waals surface area contributed by atoms with Crippen LogP contribution in [-0.2, 0) is 12.8 Å². The highest BCUT2D eigenvalue weighted by Gasteiger charge is 2.22. The second-order valence-corrected chi connectivity index (χ2v) is 4.60. The minimum absolute atomic E-state index is 0.0455. The number of aryl methyl sites for hydroxylation is 1. The summed E-state index contributed by atoms with van der Waals surface area (Å²) < 4.78 is 0. The molecule has 2 heterocycles. The van der Waals surface area contributed by atoms with Crippen molar-refractivity contribution >= 4 is 5.91 Å². The highest BCUT2D eigenvalue weighted by Crippen LogP contribution is 2.18. The van der Waals surface area contributed by atoms with E-state index in [0.717, 1.165) is 31.2 Å². The molecular weight excluding hydrogens is 246 g/mol. The Balaban J connectivity index is 1.70. The van der Waals surface area contributed by atoms with Crippen LogP contribution in [0.4, 0.5) is 0 Å². The highest BCUT2D eigenvalue weighted by molar-refractivity contribution is 5.92. The minimum atomic E-state index is -0.382. The number of rotatable bonds is 2. The molecule has 0 spiro atoms. The lowest BCUT2D eigenvalue weighted by atomic mass is 9.94. The molecule has 19 heavy (non-hydrogen) atoms. The standard InChI is InChI=1S/C12H13N5O2/c18-11-6-13-5-10(16-11)12(19)15-8-2-1-7-4-14-17-9(7)3-8/h4-6,8H,1-3H2,(H,14,17)(H,15,19)(H,16,18). The number of aromatic nitrogens is 4. The third kappa shape index (κ3) is 2.40. The lowest BCUT2D eigenvalue weighted by Crippen LogP contribution is -2.39. The van der Waals surface area contributed by atoms with Crippen molar-refractivity contribution in [3.05, 3.63) is 45.9 Å². The molecule has 2 aromatic rings. The van der Waals surface area contributed by atoms with E-state index in [0.29, 0.717) is 0 Å². The van der Waals surface area contributed by atoms with Crippen molar-refractivity contribution in [1.82, 2.24) is 25.5 Å². The van der Waals surface area contributed by atoms with Crippen molar-refractivity contribution in [3.8, 4) is 0 Å². The largest absolute Gasteiger partial charge is 0.348 e. The SMILES string of the molecule is O=C(NC1CCc2cn[nH]c2C1)c1cncc(=O)[nH]1. The minimum Gasteiger partial charge on any atom is -0.348 e. The quantitative estimate of drug-likeness (QED) is 0.693. The molecule has 3 rings (SSSR count). The van der Waals surface area contributed by atoms with E-state index in [2.05, 4.69) is 25.5 Å². The molecular formula is C12H13N5O2. The summed E-state index contributed by atoms with van der Waals surface area (Å²) in [5.74, 6) is -0.307. The van der Waals surface area contributed by atoms with E-state index in [1.165, 1.54) is 11.8 Å². The van der Waals surface area contributed by atoms with E-state index in [4.69, 9.17) is 0 Å². The van der Waals surface area contributed by atoms with Crippen molar-refractivity contribution in [3.63, 3.8) is 0 Å². The summed E-state index contributed by atoms with van der Waals surface area (Å²) in [7, 11) is 0. The maximum Gasteiger partial charge on any atom is 0.269 e. The van der Waals surface area contributed by atoms with Gasteiger partial charge in [0, 0.05) is 18.2 Å². The van der Waals surface area contributed by atoms with Crippen molar-refractivity contribution in [2.45, 2.75) is 25.3 Å². The van der Waals surface area contributed by atoms with Crippen LogP contribution in [0.2, 0.25) is 0 Å². The molecule has 0 aromatic carbocycles. The predicted molar refractivity (Wildman–Crippen MR) is 66.7 cm³/mol. The second kappa shape index (κ2) is 4.68. The van der Waals surface area contributed by atoms with E-state index in [-0.39, 0.29) is 23.2 Å². The maximum absolute atomic E-state index is 12.0. The van der Waals surface area contributed by atoms with Crippen LogP contribution in [0.3, 0.4) is 0 Å². The van der Waals surface area contributed by atoms with Crippen LogP contribution in [0.25, 0.3) is 0 Å². The van der Waals surface area contributed by atoms with Crippen molar-refractivity contribution in [2.24, 2.45) is 0 Å². The van der Waals surface area contributed by atoms with Gasteiger partial charge in [-0.1, -0.05) is 0 Å². The van der Waals surface area contributed by atoms with Gasteiger partial charge < -0.3 is 10.3 Å². The number of carbonyl (C=O) groups excluding carboxylic acids is 1. The van der Waals surface area contributed by atoms with Crippen molar-refractivity contribution < 1.29 is 4.79 Å². The van der Waals surface area contributed by atoms with Gasteiger partial charge in [-0.15, -0.1) is 0 Å². The molecule has 98 valence electrons. The first-order chi connectivity index (χ1) is 9.22. The Bertz CT molecular complexity index is 660. The second-order valence-electron chi connectivity index (χ2n) is 4.60. The van der Waals surface area contributed by atoms with Gasteiger partial charge in [-0.05, 0) is 18.4 Å². The van der Waals surface area contributed by atoms with Crippen LogP contribution in [0.5, 0.6) is 0 Å². The molecule has 0 saturated carbocycles. The number of nitrogens with zero attached hydrogens (tertiary/aromatic N) is 2. The number of carbonyl (C=O) groups is 1. The maximum atomic E-state index is 12.0. The van der Waals surface area contributed by atoms with E-state index in [9.17, 15) is 9.59 Å². The molecule has 1 aliphatic carbocycles. The zero-order valence-corrected chi connectivity index (χ0v) is 10.1. The number of nitrogens with one attached hydrogen (secondary N) is 3. The fraction of sp³-hybridized carbons (Fsp3) is 0.333. The summed E-state index contributed by atoms with van der Waals surface area (Å²) in [5.41, 5.74) is 2.08. The zero-order chi connectivity index (χ0) is 13.2. The Hall–Kier alpha value is -2.44. The van der Waals surface area contributed by atoms with E-state index >= 15 is 0 Å². The normalized spacial score (nSPS) is 17.8. The van der Waals surface area contributed by atoms with Crippen LogP contribution in [0, 0.1) is 0 Å². The Morgan fingerprint density at radius 2 is 2.26 bits per heavy atom. The van der Waals surface area contributed by atoms with Crippen LogP contribution in [0.15, 0.2) is 23.4 Å². The number of hydrogen-bond acceptors (Lipinski definition) is 4. The topological polar surface area (TPSA) is 104 Å². The molecule has 3 N–H and O–H groups in total. The number of amides is 1. The average Bonchev–Trinajstić information content (AvgIpc) is 2.86. The van der Waals surface area contributed by atoms with Gasteiger partial charge in [0.05, 0.1) is 18.6 Å². The van der Waals surface area contributed by atoms with Gasteiger partial charge in [-0.25, -0.2) is 0 Å². The monoisotopic (exact) mass is 259 g/mol. The van der Waals surface area contributed by atoms with Crippen LogP contribution < -0.4 is 10.9 Å². The molecule has 0 bridgehead atoms. The average molecular weight is 259 g/mol. The predicted octanol–water partition coefficient (Wildman–Crippen LogP) is -0.220. The third-order valence-corrected chi connectivity index (χ3v) is 3.25. The van der Waals surface area contributed by atoms with E-state index in [1.54, 1.807) is 0 Å². The first-order valence-electron chi connectivity index (χ1n) is 6.08. The Morgan fingerprint density at radius 1 is 1.37 bits per heavy atom. The molecule has 7 nitrogen and oxygen atoms in total. The number of H-pyrrole nitrogens is 2. The first kappa shape index (κ1) is 11.6. The Morgan fingerprint density at radius 3 is 3.11 bits per heavy atom. The summed E-state index contributed by atoms with van der Waals surface area (Å²) in [4.78, 5) is 29.2. The summed E-state index contributed by atoms with van der Waals surface area (Å²) in [6.45, 7) is 0. The highest BCUT2D eigenvalue weighted by atomic mass is 16.2. The van der Waals surface area contributed by atoms with Crippen molar-refractivity contribution in [1.29, 1.82) is 0 Å². The first-order valence-corrected chi connectivity index (χ1v) is 6.08. The molecule has 1 aliphatic rings. The molecule has 0 radical (unpaired) electrons. The fourth-order valence-electron chi connectivity index (χ4n) is 2.29. The van der Waals surface area contributed by atoms with Gasteiger partial charge in [0.15, 0.2) is 0 Å². The summed E-state index contributed by atoms with van der Waals surface area (Å²) >= 11 is 0. The van der Waals surface area contributed by atoms with Gasteiger partial charge in [0.1, 0.15) is 5.69 Å². The molecule has 7 heteroatoms. The van der Waals surface area contributed by atoms with Gasteiger partial charge >= 0.3 is 0 Å². The van der Waals surface area contributed by atoms with Gasteiger partial charge in [-0.2, -0.15) is 5.10 Å². The molecule has 1 unspecified atom stereocenters. The van der Waals surface area contributed by atoms with Crippen molar-refractivity contribution in [2.75, 3.05) is 0 Å². The Labute approximate surface area is 108 Å². The van der Waals surface area contributed by atoms with Gasteiger partial charge in [0.2, 0.25) is 0 Å². The van der Waals surface area contributed by atoms with Crippen LogP contribution in [0.1, 0.15) is 28.2 Å². The summed E-state index contributed by atoms with van der Waals surface area (Å²) in [6, 6.07) is 0.0455. The lowest BCUT2D eigenvalue weighted by molar-refractivity contribution is 0.0927. The number of fused-ring (bicyclic) bond motifs is 1. The molecule has 2 aromatic heterocycles. The molecule has 1 atom stereocenters. The summed E-state index contributed by atoms with van der Waals surface area (Å²) in [5, 5.41) is 9.83. The molecule has 0 aliphatic heterocycles. The molecule has 1 amide bonds. The zero-order valence-electron chi connectivity index (χ0n) is 10.1. The van der Waals surface area contributed by atoms with E-state index < -0.39 is 0 Å².